The lowest BCUT2D eigenvalue weighted by Crippen LogP contribution is -2.22. The molecule has 0 radical (unpaired) electrons. The lowest BCUT2D eigenvalue weighted by Gasteiger charge is -2.16. The second-order valence-corrected chi connectivity index (χ2v) is 6.65. The molecule has 0 aliphatic carbocycles. The van der Waals surface area contributed by atoms with Gasteiger partial charge in [-0.25, -0.2) is 0 Å². The zero-order valence-electron chi connectivity index (χ0n) is 11.8. The summed E-state index contributed by atoms with van der Waals surface area (Å²) in [5.41, 5.74) is -0.0662. The summed E-state index contributed by atoms with van der Waals surface area (Å²) in [6.45, 7) is 5.26. The standard InChI is InChI=1S/C11H18N2O6S/c1-7(2)5-9(19-20(4,16)17)6-10-11(13(14)15)8(3)12-18-10/h7,9H,5-6H2,1-4H3. The van der Waals surface area contributed by atoms with Crippen LogP contribution in [-0.4, -0.2) is 30.9 Å². The topological polar surface area (TPSA) is 113 Å². The highest BCUT2D eigenvalue weighted by Crippen LogP contribution is 2.26. The minimum atomic E-state index is -3.65. The molecule has 0 saturated heterocycles. The molecule has 1 rings (SSSR count). The van der Waals surface area contributed by atoms with Crippen LogP contribution < -0.4 is 0 Å². The molecule has 0 aliphatic rings. The van der Waals surface area contributed by atoms with Crippen molar-refractivity contribution in [3.05, 3.63) is 21.6 Å². The van der Waals surface area contributed by atoms with Crippen molar-refractivity contribution < 1.29 is 22.0 Å². The van der Waals surface area contributed by atoms with Crippen molar-refractivity contribution in [1.29, 1.82) is 0 Å². The van der Waals surface area contributed by atoms with Crippen LogP contribution in [0, 0.1) is 23.0 Å². The van der Waals surface area contributed by atoms with Gasteiger partial charge in [-0.3, -0.25) is 14.3 Å². The third-order valence-corrected chi connectivity index (χ3v) is 3.16. The molecule has 20 heavy (non-hydrogen) atoms. The zero-order chi connectivity index (χ0) is 15.5. The Morgan fingerprint density at radius 3 is 2.50 bits per heavy atom. The van der Waals surface area contributed by atoms with Gasteiger partial charge in [-0.1, -0.05) is 19.0 Å². The number of aromatic nitrogens is 1. The highest BCUT2D eigenvalue weighted by atomic mass is 32.2. The molecule has 0 amide bonds. The molecule has 9 heteroatoms. The summed E-state index contributed by atoms with van der Waals surface area (Å²) in [6.07, 6.45) is 0.656. The molecule has 0 aliphatic heterocycles. The van der Waals surface area contributed by atoms with Crippen LogP contribution in [0.25, 0.3) is 0 Å². The Morgan fingerprint density at radius 1 is 1.45 bits per heavy atom. The summed E-state index contributed by atoms with van der Waals surface area (Å²) in [5, 5.41) is 14.5. The molecule has 0 aromatic carbocycles. The lowest BCUT2D eigenvalue weighted by molar-refractivity contribution is -0.386. The molecular formula is C11H18N2O6S. The Kier molecular flexibility index (Phi) is 5.23. The molecule has 1 unspecified atom stereocenters. The van der Waals surface area contributed by atoms with Gasteiger partial charge in [-0.15, -0.1) is 0 Å². The molecule has 0 bridgehead atoms. The van der Waals surface area contributed by atoms with Gasteiger partial charge in [0.2, 0.25) is 5.76 Å². The van der Waals surface area contributed by atoms with Crippen LogP contribution in [0.1, 0.15) is 31.7 Å². The van der Waals surface area contributed by atoms with E-state index in [2.05, 4.69) is 5.16 Å². The van der Waals surface area contributed by atoms with Gasteiger partial charge >= 0.3 is 5.69 Å². The van der Waals surface area contributed by atoms with E-state index in [1.165, 1.54) is 6.92 Å². The summed E-state index contributed by atoms with van der Waals surface area (Å²) < 4.78 is 32.3. The van der Waals surface area contributed by atoms with Gasteiger partial charge in [-0.2, -0.15) is 8.42 Å². The number of hydrogen-bond acceptors (Lipinski definition) is 7. The molecule has 1 aromatic heterocycles. The molecule has 0 fully saturated rings. The molecule has 0 spiro atoms. The van der Waals surface area contributed by atoms with E-state index in [0.29, 0.717) is 6.42 Å². The first-order valence-electron chi connectivity index (χ1n) is 6.08. The fraction of sp³-hybridized carbons (Fsp3) is 0.727. The van der Waals surface area contributed by atoms with Crippen molar-refractivity contribution in [2.75, 3.05) is 6.26 Å². The van der Waals surface area contributed by atoms with Crippen LogP contribution in [0.15, 0.2) is 4.52 Å². The van der Waals surface area contributed by atoms with E-state index in [0.717, 1.165) is 6.26 Å². The summed E-state index contributed by atoms with van der Waals surface area (Å²) in [4.78, 5) is 10.3. The van der Waals surface area contributed by atoms with Gasteiger partial charge in [0.15, 0.2) is 5.69 Å². The molecule has 114 valence electrons. The number of nitrogens with zero attached hydrogens (tertiary/aromatic N) is 2. The van der Waals surface area contributed by atoms with Gasteiger partial charge in [-0.05, 0) is 19.3 Å². The van der Waals surface area contributed by atoms with Crippen LogP contribution in [0.3, 0.4) is 0 Å². The first kappa shape index (κ1) is 16.6. The van der Waals surface area contributed by atoms with Crippen LogP contribution in [0.4, 0.5) is 5.69 Å². The maximum Gasteiger partial charge on any atom is 0.334 e. The highest BCUT2D eigenvalue weighted by Gasteiger charge is 2.28. The van der Waals surface area contributed by atoms with Crippen LogP contribution in [0.5, 0.6) is 0 Å². The van der Waals surface area contributed by atoms with Crippen molar-refractivity contribution in [3.63, 3.8) is 0 Å². The van der Waals surface area contributed by atoms with E-state index >= 15 is 0 Å². The fourth-order valence-corrected chi connectivity index (χ4v) is 2.56. The minimum absolute atomic E-state index is 0.0115. The average molecular weight is 306 g/mol. The van der Waals surface area contributed by atoms with E-state index in [-0.39, 0.29) is 29.5 Å². The van der Waals surface area contributed by atoms with E-state index in [1.54, 1.807) is 0 Å². The van der Waals surface area contributed by atoms with Crippen molar-refractivity contribution >= 4 is 15.8 Å². The molecule has 0 saturated carbocycles. The normalized spacial score (nSPS) is 13.7. The van der Waals surface area contributed by atoms with Crippen LogP contribution in [0.2, 0.25) is 0 Å². The zero-order valence-corrected chi connectivity index (χ0v) is 12.6. The van der Waals surface area contributed by atoms with Crippen molar-refractivity contribution in [2.45, 2.75) is 39.7 Å². The molecular weight excluding hydrogens is 288 g/mol. The predicted molar refractivity (Wildman–Crippen MR) is 70.8 cm³/mol. The smallest absolute Gasteiger partial charge is 0.334 e. The second kappa shape index (κ2) is 6.31. The summed E-state index contributed by atoms with van der Waals surface area (Å²) in [6, 6.07) is 0. The summed E-state index contributed by atoms with van der Waals surface area (Å²) >= 11 is 0. The van der Waals surface area contributed by atoms with Gasteiger partial charge in [0, 0.05) is 6.42 Å². The van der Waals surface area contributed by atoms with Gasteiger partial charge in [0.05, 0.1) is 17.3 Å². The number of nitro groups is 1. The number of aryl methyl sites for hydroxylation is 1. The second-order valence-electron chi connectivity index (χ2n) is 5.05. The average Bonchev–Trinajstić information content (AvgIpc) is 2.55. The van der Waals surface area contributed by atoms with Crippen molar-refractivity contribution in [3.8, 4) is 0 Å². The van der Waals surface area contributed by atoms with Crippen LogP contribution in [-0.2, 0) is 20.7 Å². The van der Waals surface area contributed by atoms with E-state index in [4.69, 9.17) is 8.71 Å². The van der Waals surface area contributed by atoms with Crippen LogP contribution >= 0.6 is 0 Å². The van der Waals surface area contributed by atoms with Gasteiger partial charge in [0.1, 0.15) is 0 Å². The van der Waals surface area contributed by atoms with Gasteiger partial charge < -0.3 is 4.52 Å². The lowest BCUT2D eigenvalue weighted by atomic mass is 10.0. The highest BCUT2D eigenvalue weighted by molar-refractivity contribution is 7.86. The van der Waals surface area contributed by atoms with E-state index < -0.39 is 21.1 Å². The first-order chi connectivity index (χ1) is 9.10. The Morgan fingerprint density at radius 2 is 2.05 bits per heavy atom. The van der Waals surface area contributed by atoms with Crippen molar-refractivity contribution in [2.24, 2.45) is 5.92 Å². The quantitative estimate of drug-likeness (QED) is 0.429. The monoisotopic (exact) mass is 306 g/mol. The molecule has 1 aromatic rings. The third kappa shape index (κ3) is 4.89. The Hall–Kier alpha value is -1.48. The number of rotatable bonds is 7. The molecule has 1 atom stereocenters. The molecule has 1 heterocycles. The third-order valence-electron chi connectivity index (χ3n) is 2.54. The van der Waals surface area contributed by atoms with E-state index in [9.17, 15) is 18.5 Å². The maximum absolute atomic E-state index is 11.2. The number of hydrogen-bond donors (Lipinski definition) is 0. The fourth-order valence-electron chi connectivity index (χ4n) is 1.92. The molecule has 8 nitrogen and oxygen atoms in total. The summed E-state index contributed by atoms with van der Waals surface area (Å²) in [7, 11) is -3.65. The Balaban J connectivity index is 2.98. The first-order valence-corrected chi connectivity index (χ1v) is 7.89. The largest absolute Gasteiger partial charge is 0.353 e. The Labute approximate surface area is 117 Å². The predicted octanol–water partition coefficient (Wildman–Crippen LogP) is 1.82. The van der Waals surface area contributed by atoms with Crippen molar-refractivity contribution in [1.82, 2.24) is 5.16 Å². The molecule has 0 N–H and O–H groups in total. The Bertz CT molecular complexity index is 578. The SMILES string of the molecule is Cc1noc(CC(CC(C)C)OS(C)(=O)=O)c1[N+](=O)[O-]. The van der Waals surface area contributed by atoms with Gasteiger partial charge in [0.25, 0.3) is 10.1 Å². The minimum Gasteiger partial charge on any atom is -0.353 e. The maximum atomic E-state index is 11.2. The summed E-state index contributed by atoms with van der Waals surface area (Å²) in [5.74, 6) is 0.201. The van der Waals surface area contributed by atoms with E-state index in [1.807, 2.05) is 13.8 Å².